The maximum absolute atomic E-state index is 14.0. The van der Waals surface area contributed by atoms with Gasteiger partial charge in [0, 0.05) is 22.6 Å². The second kappa shape index (κ2) is 13.8. The highest BCUT2D eigenvalue weighted by Gasteiger charge is 2.33. The van der Waals surface area contributed by atoms with Crippen molar-refractivity contribution in [3.05, 3.63) is 86.9 Å². The van der Waals surface area contributed by atoms with Crippen LogP contribution in [0.5, 0.6) is 5.75 Å². The number of methoxy groups -OCH3 is 1. The van der Waals surface area contributed by atoms with Gasteiger partial charge >= 0.3 is 0 Å². The van der Waals surface area contributed by atoms with Crippen LogP contribution in [0.2, 0.25) is 15.1 Å². The maximum Gasteiger partial charge on any atom is 0.264 e. The summed E-state index contributed by atoms with van der Waals surface area (Å²) in [4.78, 5) is 28.3. The van der Waals surface area contributed by atoms with Gasteiger partial charge in [-0.05, 0) is 75.7 Å². The molecule has 220 valence electrons. The highest BCUT2D eigenvalue weighted by atomic mass is 35.5. The van der Waals surface area contributed by atoms with Crippen molar-refractivity contribution in [1.82, 2.24) is 10.2 Å². The minimum Gasteiger partial charge on any atom is -0.495 e. The zero-order valence-electron chi connectivity index (χ0n) is 23.3. The fourth-order valence-corrected chi connectivity index (χ4v) is 6.12. The zero-order chi connectivity index (χ0) is 30.5. The lowest BCUT2D eigenvalue weighted by atomic mass is 10.1. The SMILES string of the molecule is COc1ccc(N(CC(=O)N(Cc2ccc(Cl)cc2Cl)[C@H](C)C(=O)NC(C)C)S(=O)(=O)c2ccc(C)cc2)cc1Cl. The Bertz CT molecular complexity index is 1510. The van der Waals surface area contributed by atoms with E-state index in [1.807, 2.05) is 6.92 Å². The molecule has 0 aliphatic carbocycles. The van der Waals surface area contributed by atoms with Crippen molar-refractivity contribution in [2.45, 2.75) is 51.2 Å². The second-order valence-electron chi connectivity index (χ2n) is 9.74. The molecule has 3 aromatic rings. The van der Waals surface area contributed by atoms with Crippen molar-refractivity contribution in [1.29, 1.82) is 0 Å². The number of amides is 2. The third-order valence-electron chi connectivity index (χ3n) is 6.27. The summed E-state index contributed by atoms with van der Waals surface area (Å²) in [6.45, 7) is 6.33. The van der Waals surface area contributed by atoms with Gasteiger partial charge in [0.25, 0.3) is 10.0 Å². The van der Waals surface area contributed by atoms with Crippen LogP contribution in [0.1, 0.15) is 31.9 Å². The first-order chi connectivity index (χ1) is 19.2. The number of nitrogens with zero attached hydrogens (tertiary/aromatic N) is 2. The summed E-state index contributed by atoms with van der Waals surface area (Å²) in [5.41, 5.74) is 1.55. The van der Waals surface area contributed by atoms with Crippen molar-refractivity contribution in [3.63, 3.8) is 0 Å². The number of ether oxygens (including phenoxy) is 1. The van der Waals surface area contributed by atoms with Gasteiger partial charge < -0.3 is 15.0 Å². The van der Waals surface area contributed by atoms with E-state index < -0.39 is 34.4 Å². The van der Waals surface area contributed by atoms with Gasteiger partial charge in [0.05, 0.1) is 22.7 Å². The lowest BCUT2D eigenvalue weighted by Crippen LogP contribution is -2.52. The van der Waals surface area contributed by atoms with Crippen molar-refractivity contribution in [2.24, 2.45) is 0 Å². The van der Waals surface area contributed by atoms with Gasteiger partial charge in [-0.15, -0.1) is 0 Å². The van der Waals surface area contributed by atoms with Crippen molar-refractivity contribution in [3.8, 4) is 5.75 Å². The van der Waals surface area contributed by atoms with Crippen LogP contribution >= 0.6 is 34.8 Å². The van der Waals surface area contributed by atoms with E-state index in [0.717, 1.165) is 9.87 Å². The molecule has 1 N–H and O–H groups in total. The average molecular weight is 641 g/mol. The molecule has 0 spiro atoms. The molecule has 3 aromatic carbocycles. The van der Waals surface area contributed by atoms with Gasteiger partial charge in [-0.3, -0.25) is 13.9 Å². The Balaban J connectivity index is 2.09. The van der Waals surface area contributed by atoms with Gasteiger partial charge in [-0.2, -0.15) is 0 Å². The molecule has 0 saturated heterocycles. The van der Waals surface area contributed by atoms with E-state index in [-0.39, 0.29) is 28.2 Å². The van der Waals surface area contributed by atoms with Crippen LogP contribution in [-0.4, -0.2) is 50.9 Å². The molecular formula is C29H32Cl3N3O5S. The Labute approximate surface area is 256 Å². The number of carbonyl (C=O) groups is 2. The second-order valence-corrected chi connectivity index (χ2v) is 12.9. The molecule has 0 unspecified atom stereocenters. The fraction of sp³-hybridized carbons (Fsp3) is 0.310. The topological polar surface area (TPSA) is 96.0 Å². The zero-order valence-corrected chi connectivity index (χ0v) is 26.4. The number of benzene rings is 3. The third kappa shape index (κ3) is 8.07. The van der Waals surface area contributed by atoms with E-state index in [9.17, 15) is 18.0 Å². The molecule has 0 aliphatic rings. The van der Waals surface area contributed by atoms with Crippen LogP contribution in [0, 0.1) is 6.92 Å². The van der Waals surface area contributed by atoms with E-state index in [0.29, 0.717) is 21.4 Å². The summed E-state index contributed by atoms with van der Waals surface area (Å²) >= 11 is 18.8. The molecule has 0 saturated carbocycles. The molecule has 8 nitrogen and oxygen atoms in total. The van der Waals surface area contributed by atoms with E-state index in [4.69, 9.17) is 39.5 Å². The standard InChI is InChI=1S/C29H32Cl3N3O5S/c1-18(2)33-29(37)20(4)34(16-21-8-9-22(30)14-25(21)31)28(36)17-35(23-10-13-27(40-5)26(32)15-23)41(38,39)24-11-6-19(3)7-12-24/h6-15,18,20H,16-17H2,1-5H3,(H,33,37)/t20-/m1/s1. The minimum atomic E-state index is -4.25. The minimum absolute atomic E-state index is 0.0132. The van der Waals surface area contributed by atoms with Crippen LogP contribution in [0.25, 0.3) is 0 Å². The molecular weight excluding hydrogens is 609 g/mol. The molecule has 3 rings (SSSR count). The number of carbonyl (C=O) groups excluding carboxylic acids is 2. The lowest BCUT2D eigenvalue weighted by Gasteiger charge is -2.32. The van der Waals surface area contributed by atoms with Crippen LogP contribution in [0.4, 0.5) is 5.69 Å². The molecule has 0 fully saturated rings. The first kappa shape index (κ1) is 32.5. The monoisotopic (exact) mass is 639 g/mol. The summed E-state index contributed by atoms with van der Waals surface area (Å²) in [7, 11) is -2.81. The van der Waals surface area contributed by atoms with E-state index in [1.54, 1.807) is 45.0 Å². The Morgan fingerprint density at radius 2 is 1.59 bits per heavy atom. The first-order valence-corrected chi connectivity index (χ1v) is 15.3. The Morgan fingerprint density at radius 3 is 2.15 bits per heavy atom. The quantitative estimate of drug-likeness (QED) is 0.273. The van der Waals surface area contributed by atoms with Crippen molar-refractivity contribution >= 4 is 62.3 Å². The van der Waals surface area contributed by atoms with Crippen molar-refractivity contribution < 1.29 is 22.7 Å². The first-order valence-electron chi connectivity index (χ1n) is 12.7. The Kier molecular flexibility index (Phi) is 10.9. The lowest BCUT2D eigenvalue weighted by molar-refractivity contribution is -0.139. The molecule has 0 heterocycles. The summed E-state index contributed by atoms with van der Waals surface area (Å²) in [6.07, 6.45) is 0. The van der Waals surface area contributed by atoms with Crippen molar-refractivity contribution in [2.75, 3.05) is 18.0 Å². The van der Waals surface area contributed by atoms with Gasteiger partial charge in [-0.1, -0.05) is 58.6 Å². The predicted octanol–water partition coefficient (Wildman–Crippen LogP) is 6.10. The Morgan fingerprint density at radius 1 is 0.927 bits per heavy atom. The summed E-state index contributed by atoms with van der Waals surface area (Å²) in [5.74, 6) is -0.698. The van der Waals surface area contributed by atoms with Crippen LogP contribution < -0.4 is 14.4 Å². The number of aryl methyl sites for hydroxylation is 1. The molecule has 1 atom stereocenters. The third-order valence-corrected chi connectivity index (χ3v) is 8.94. The van der Waals surface area contributed by atoms with Crippen LogP contribution in [0.3, 0.4) is 0 Å². The maximum atomic E-state index is 14.0. The largest absolute Gasteiger partial charge is 0.495 e. The normalized spacial score (nSPS) is 12.1. The van der Waals surface area contributed by atoms with Gasteiger partial charge in [0.2, 0.25) is 11.8 Å². The highest BCUT2D eigenvalue weighted by Crippen LogP contribution is 2.32. The number of hydrogen-bond acceptors (Lipinski definition) is 5. The van der Waals surface area contributed by atoms with Crippen LogP contribution in [-0.2, 0) is 26.2 Å². The molecule has 41 heavy (non-hydrogen) atoms. The Hall–Kier alpha value is -2.98. The fourth-order valence-electron chi connectivity index (χ4n) is 4.00. The number of nitrogens with one attached hydrogen (secondary N) is 1. The van der Waals surface area contributed by atoms with E-state index in [2.05, 4.69) is 5.32 Å². The molecule has 0 bridgehead atoms. The van der Waals surface area contributed by atoms with E-state index in [1.165, 1.54) is 48.4 Å². The molecule has 0 aliphatic heterocycles. The van der Waals surface area contributed by atoms with Gasteiger partial charge in [0.1, 0.15) is 18.3 Å². The molecule has 0 radical (unpaired) electrons. The molecule has 0 aromatic heterocycles. The van der Waals surface area contributed by atoms with Crippen LogP contribution in [0.15, 0.2) is 65.6 Å². The molecule has 12 heteroatoms. The number of sulfonamides is 1. The summed E-state index contributed by atoms with van der Waals surface area (Å²) < 4.78 is 34.0. The highest BCUT2D eigenvalue weighted by molar-refractivity contribution is 7.92. The van der Waals surface area contributed by atoms with E-state index >= 15 is 0 Å². The number of anilines is 1. The predicted molar refractivity (Wildman–Crippen MR) is 163 cm³/mol. The average Bonchev–Trinajstić information content (AvgIpc) is 2.90. The molecule has 2 amide bonds. The number of rotatable bonds is 11. The smallest absolute Gasteiger partial charge is 0.264 e. The van der Waals surface area contributed by atoms with Gasteiger partial charge in [-0.25, -0.2) is 8.42 Å². The summed E-state index contributed by atoms with van der Waals surface area (Å²) in [5, 5.41) is 3.68. The van der Waals surface area contributed by atoms with Gasteiger partial charge in [0.15, 0.2) is 0 Å². The summed E-state index contributed by atoms with van der Waals surface area (Å²) in [6, 6.07) is 14.4. The number of halogens is 3. The number of hydrogen-bond donors (Lipinski definition) is 1.